The van der Waals surface area contributed by atoms with Crippen LogP contribution in [0.2, 0.25) is 0 Å². The van der Waals surface area contributed by atoms with Crippen molar-refractivity contribution in [3.63, 3.8) is 0 Å². The van der Waals surface area contributed by atoms with Gasteiger partial charge in [-0.25, -0.2) is 0 Å². The van der Waals surface area contributed by atoms with Gasteiger partial charge in [0.05, 0.1) is 12.1 Å². The maximum absolute atomic E-state index is 13.2. The maximum atomic E-state index is 13.2. The van der Waals surface area contributed by atoms with Crippen molar-refractivity contribution >= 4 is 21.8 Å². The van der Waals surface area contributed by atoms with Crippen LogP contribution in [0.3, 0.4) is 0 Å². The van der Waals surface area contributed by atoms with Gasteiger partial charge in [-0.2, -0.15) is 18.3 Å². The summed E-state index contributed by atoms with van der Waals surface area (Å²) in [7, 11) is 0. The molecule has 134 valence electrons. The molecule has 4 nitrogen and oxygen atoms in total. The molecule has 0 fully saturated rings. The summed E-state index contributed by atoms with van der Waals surface area (Å²) >= 11 is 3.30. The van der Waals surface area contributed by atoms with Crippen LogP contribution in [0, 0.1) is 0 Å². The number of fused-ring (bicyclic) bond motifs is 1. The number of hydrogen-bond donors (Lipinski definition) is 1. The van der Waals surface area contributed by atoms with Crippen molar-refractivity contribution in [3.8, 4) is 0 Å². The van der Waals surface area contributed by atoms with Crippen LogP contribution in [-0.4, -0.2) is 22.2 Å². The van der Waals surface area contributed by atoms with E-state index in [0.717, 1.165) is 12.8 Å². The maximum Gasteiger partial charge on any atom is 0.435 e. The second-order valence-corrected chi connectivity index (χ2v) is 6.79. The highest BCUT2D eigenvalue weighted by atomic mass is 79.9. The number of hydrogen-bond acceptors (Lipinski definition) is 2. The Morgan fingerprint density at radius 2 is 1.96 bits per heavy atom. The molecule has 1 aliphatic rings. The Labute approximate surface area is 151 Å². The fraction of sp³-hybridized carbons (Fsp3) is 0.412. The van der Waals surface area contributed by atoms with E-state index >= 15 is 0 Å². The van der Waals surface area contributed by atoms with Crippen molar-refractivity contribution in [1.29, 1.82) is 0 Å². The van der Waals surface area contributed by atoms with E-state index in [4.69, 9.17) is 0 Å². The zero-order valence-electron chi connectivity index (χ0n) is 13.4. The number of amides is 1. The monoisotopic (exact) mass is 415 g/mol. The molecule has 8 heteroatoms. The summed E-state index contributed by atoms with van der Waals surface area (Å²) in [4.78, 5) is 12.2. The number of alkyl halides is 3. The van der Waals surface area contributed by atoms with Gasteiger partial charge >= 0.3 is 6.18 Å². The van der Waals surface area contributed by atoms with E-state index < -0.39 is 11.9 Å². The summed E-state index contributed by atoms with van der Waals surface area (Å²) in [6.45, 7) is 0.431. The molecule has 3 rings (SSSR count). The normalized spacial score (nSPS) is 14.2. The van der Waals surface area contributed by atoms with Crippen molar-refractivity contribution in [1.82, 2.24) is 15.1 Å². The van der Waals surface area contributed by atoms with Crippen LogP contribution in [0.4, 0.5) is 13.2 Å². The molecule has 1 amide bonds. The second kappa shape index (κ2) is 7.19. The second-order valence-electron chi connectivity index (χ2n) is 5.94. The van der Waals surface area contributed by atoms with Gasteiger partial charge in [0.1, 0.15) is 0 Å². The van der Waals surface area contributed by atoms with Crippen molar-refractivity contribution in [2.24, 2.45) is 0 Å². The zero-order valence-corrected chi connectivity index (χ0v) is 15.0. The first-order chi connectivity index (χ1) is 11.9. The highest BCUT2D eigenvalue weighted by Crippen LogP contribution is 2.35. The Balaban J connectivity index is 1.71. The minimum Gasteiger partial charge on any atom is -0.350 e. The lowest BCUT2D eigenvalue weighted by molar-refractivity contribution is -0.142. The number of carbonyl (C=O) groups is 1. The average molecular weight is 416 g/mol. The van der Waals surface area contributed by atoms with E-state index in [2.05, 4.69) is 26.3 Å². The van der Waals surface area contributed by atoms with Crippen LogP contribution in [-0.2, 0) is 25.6 Å². The van der Waals surface area contributed by atoms with E-state index in [1.54, 1.807) is 24.3 Å². The van der Waals surface area contributed by atoms with Gasteiger partial charge in [-0.15, -0.1) is 0 Å². The zero-order chi connectivity index (χ0) is 18.0. The van der Waals surface area contributed by atoms with Gasteiger partial charge in [0.2, 0.25) is 0 Å². The molecule has 0 saturated heterocycles. The number of rotatable bonds is 4. The Hall–Kier alpha value is -1.83. The van der Waals surface area contributed by atoms with E-state index in [9.17, 15) is 18.0 Å². The lowest BCUT2D eigenvalue weighted by Crippen LogP contribution is -2.28. The molecular formula is C17H17BrF3N3O. The van der Waals surface area contributed by atoms with Crippen molar-refractivity contribution in [2.75, 3.05) is 6.54 Å². The molecular weight excluding hydrogens is 399 g/mol. The Bertz CT molecular complexity index is 786. The third-order valence-electron chi connectivity index (χ3n) is 4.25. The topological polar surface area (TPSA) is 46.9 Å². The van der Waals surface area contributed by atoms with E-state index in [1.165, 1.54) is 4.68 Å². The molecule has 1 aromatic heterocycles. The molecule has 0 radical (unpaired) electrons. The molecule has 0 aliphatic heterocycles. The molecule has 0 saturated carbocycles. The van der Waals surface area contributed by atoms with Crippen LogP contribution in [0.15, 0.2) is 28.7 Å². The Morgan fingerprint density at radius 1 is 1.24 bits per heavy atom. The van der Waals surface area contributed by atoms with Gasteiger partial charge in [-0.05, 0) is 53.7 Å². The average Bonchev–Trinajstić information content (AvgIpc) is 2.94. The van der Waals surface area contributed by atoms with Crippen LogP contribution < -0.4 is 5.32 Å². The minimum absolute atomic E-state index is 0.214. The van der Waals surface area contributed by atoms with E-state index in [1.807, 2.05) is 0 Å². The largest absolute Gasteiger partial charge is 0.435 e. The highest BCUT2D eigenvalue weighted by Gasteiger charge is 2.39. The fourth-order valence-electron chi connectivity index (χ4n) is 3.10. The van der Waals surface area contributed by atoms with Crippen molar-refractivity contribution < 1.29 is 18.0 Å². The number of halogens is 4. The Kier molecular flexibility index (Phi) is 5.17. The van der Waals surface area contributed by atoms with Crippen molar-refractivity contribution in [3.05, 3.63) is 51.3 Å². The lowest BCUT2D eigenvalue weighted by Gasteiger charge is -2.15. The molecule has 0 unspecified atom stereocenters. The molecule has 1 N–H and O–H groups in total. The highest BCUT2D eigenvalue weighted by molar-refractivity contribution is 9.10. The third-order valence-corrected chi connectivity index (χ3v) is 4.94. The van der Waals surface area contributed by atoms with Gasteiger partial charge in [-0.1, -0.05) is 12.1 Å². The summed E-state index contributed by atoms with van der Waals surface area (Å²) in [6.07, 6.45) is -1.82. The van der Waals surface area contributed by atoms with E-state index in [0.29, 0.717) is 34.1 Å². The predicted molar refractivity (Wildman–Crippen MR) is 90.3 cm³/mol. The number of benzene rings is 1. The van der Waals surface area contributed by atoms with Gasteiger partial charge in [0, 0.05) is 22.3 Å². The molecule has 1 heterocycles. The van der Waals surface area contributed by atoms with Crippen LogP contribution in [0.25, 0.3) is 0 Å². The molecule has 1 aromatic carbocycles. The smallest absolute Gasteiger partial charge is 0.350 e. The summed E-state index contributed by atoms with van der Waals surface area (Å²) in [6, 6.07) is 6.99. The standard InChI is InChI=1S/C17H17BrF3N3O/c18-13-7-3-1-5-11(13)16(25)22-9-10-24-14-8-4-2-6-12(14)15(23-24)17(19,20)21/h1,3,5,7H,2,4,6,8-10H2,(H,22,25). The first kappa shape index (κ1) is 18.0. The summed E-state index contributed by atoms with van der Waals surface area (Å²) < 4.78 is 41.5. The SMILES string of the molecule is O=C(NCCn1nc(C(F)(F)F)c2c1CCCC2)c1ccccc1Br. The van der Waals surface area contributed by atoms with Gasteiger partial charge in [-0.3, -0.25) is 9.48 Å². The van der Waals surface area contributed by atoms with Gasteiger partial charge in [0.25, 0.3) is 5.91 Å². The Morgan fingerprint density at radius 3 is 2.68 bits per heavy atom. The number of carbonyl (C=O) groups excluding carboxylic acids is 1. The first-order valence-corrected chi connectivity index (χ1v) is 8.85. The lowest BCUT2D eigenvalue weighted by atomic mass is 9.95. The van der Waals surface area contributed by atoms with Gasteiger partial charge in [0.15, 0.2) is 5.69 Å². The molecule has 1 aliphatic carbocycles. The molecule has 0 spiro atoms. The molecule has 2 aromatic rings. The van der Waals surface area contributed by atoms with Crippen molar-refractivity contribution in [2.45, 2.75) is 38.4 Å². The minimum atomic E-state index is -4.44. The summed E-state index contributed by atoms with van der Waals surface area (Å²) in [5, 5.41) is 6.51. The van der Waals surface area contributed by atoms with Crippen LogP contribution in [0.5, 0.6) is 0 Å². The van der Waals surface area contributed by atoms with E-state index in [-0.39, 0.29) is 19.0 Å². The summed E-state index contributed by atoms with van der Waals surface area (Å²) in [5.41, 5.74) is 0.671. The van der Waals surface area contributed by atoms with Crippen LogP contribution >= 0.6 is 15.9 Å². The quantitative estimate of drug-likeness (QED) is 0.820. The number of nitrogens with zero attached hydrogens (tertiary/aromatic N) is 2. The van der Waals surface area contributed by atoms with Crippen LogP contribution in [0.1, 0.15) is 40.2 Å². The van der Waals surface area contributed by atoms with Gasteiger partial charge < -0.3 is 5.32 Å². The number of nitrogens with one attached hydrogen (secondary N) is 1. The first-order valence-electron chi connectivity index (χ1n) is 8.06. The predicted octanol–water partition coefficient (Wildman–Crippen LogP) is 3.97. The molecule has 0 bridgehead atoms. The fourth-order valence-corrected chi connectivity index (χ4v) is 3.56. The summed E-state index contributed by atoms with van der Waals surface area (Å²) in [5.74, 6) is -0.274. The third kappa shape index (κ3) is 3.89. The molecule has 0 atom stereocenters. The molecule has 25 heavy (non-hydrogen) atoms. The number of aromatic nitrogens is 2.